The molecule has 0 spiro atoms. The lowest BCUT2D eigenvalue weighted by atomic mass is 9.96. The number of nitrogens with two attached hydrogens (primary N) is 1. The number of amides is 2. The van der Waals surface area contributed by atoms with Crippen molar-refractivity contribution >= 4 is 29.4 Å². The number of pyridine rings is 1. The highest BCUT2D eigenvalue weighted by atomic mass is 32.2. The molecule has 3 N–H and O–H groups in total. The van der Waals surface area contributed by atoms with E-state index in [1.165, 1.54) is 0 Å². The first-order valence-corrected chi connectivity index (χ1v) is 9.12. The quantitative estimate of drug-likeness (QED) is 0.816. The molecule has 0 radical (unpaired) electrons. The summed E-state index contributed by atoms with van der Waals surface area (Å²) < 4.78 is 0. The van der Waals surface area contributed by atoms with Gasteiger partial charge in [0.15, 0.2) is 0 Å². The number of primary amides is 1. The fourth-order valence-electron chi connectivity index (χ4n) is 2.69. The Hall–Kier alpha value is -1.76. The Morgan fingerprint density at radius 1 is 1.48 bits per heavy atom. The first-order valence-electron chi connectivity index (χ1n) is 7.83. The molecule has 1 saturated heterocycles. The number of hydrogen-bond donors (Lipinski definition) is 2. The minimum Gasteiger partial charge on any atom is -0.365 e. The number of aromatic nitrogens is 1. The highest BCUT2D eigenvalue weighted by molar-refractivity contribution is 7.99. The van der Waals surface area contributed by atoms with Crippen LogP contribution in [0.4, 0.5) is 5.82 Å². The third-order valence-corrected chi connectivity index (χ3v) is 5.18. The van der Waals surface area contributed by atoms with Crippen molar-refractivity contribution in [2.24, 2.45) is 11.7 Å². The van der Waals surface area contributed by atoms with Gasteiger partial charge in [-0.25, -0.2) is 4.98 Å². The molecule has 1 unspecified atom stereocenters. The van der Waals surface area contributed by atoms with Gasteiger partial charge in [0.1, 0.15) is 5.82 Å². The molecule has 2 rings (SSSR count). The summed E-state index contributed by atoms with van der Waals surface area (Å²) in [5.74, 6) is 0.776. The summed E-state index contributed by atoms with van der Waals surface area (Å²) in [6, 6.07) is 3.43. The van der Waals surface area contributed by atoms with E-state index in [9.17, 15) is 9.59 Å². The monoisotopic (exact) mass is 336 g/mol. The van der Waals surface area contributed by atoms with Gasteiger partial charge >= 0.3 is 0 Å². The SMILES string of the molecule is CSC(C)C(=O)NCC1CCN(c2ncccc2C(N)=O)CC1. The van der Waals surface area contributed by atoms with Crippen molar-refractivity contribution in [2.75, 3.05) is 30.8 Å². The van der Waals surface area contributed by atoms with Crippen molar-refractivity contribution in [3.8, 4) is 0 Å². The fourth-order valence-corrected chi connectivity index (χ4v) is 2.98. The van der Waals surface area contributed by atoms with Gasteiger partial charge in [0.2, 0.25) is 5.91 Å². The van der Waals surface area contributed by atoms with Crippen molar-refractivity contribution < 1.29 is 9.59 Å². The predicted octanol–water partition coefficient (Wildman–Crippen LogP) is 1.26. The fraction of sp³-hybridized carbons (Fsp3) is 0.562. The normalized spacial score (nSPS) is 16.9. The molecule has 1 aliphatic heterocycles. The number of nitrogens with one attached hydrogen (secondary N) is 1. The molecular formula is C16H24N4O2S. The summed E-state index contributed by atoms with van der Waals surface area (Å²) in [4.78, 5) is 29.7. The highest BCUT2D eigenvalue weighted by Gasteiger charge is 2.23. The van der Waals surface area contributed by atoms with Crippen molar-refractivity contribution in [3.63, 3.8) is 0 Å². The molecule has 23 heavy (non-hydrogen) atoms. The average molecular weight is 336 g/mol. The molecule has 1 aliphatic rings. The lowest BCUT2D eigenvalue weighted by Crippen LogP contribution is -2.41. The maximum absolute atomic E-state index is 11.8. The highest BCUT2D eigenvalue weighted by Crippen LogP contribution is 2.24. The maximum atomic E-state index is 11.8. The van der Waals surface area contributed by atoms with Crippen LogP contribution in [0.5, 0.6) is 0 Å². The molecule has 0 aliphatic carbocycles. The second-order valence-corrected chi connectivity index (χ2v) is 6.97. The Bertz CT molecular complexity index is 559. The van der Waals surface area contributed by atoms with Crippen molar-refractivity contribution in [1.29, 1.82) is 0 Å². The van der Waals surface area contributed by atoms with E-state index in [4.69, 9.17) is 5.73 Å². The van der Waals surface area contributed by atoms with Crippen LogP contribution in [-0.2, 0) is 4.79 Å². The summed E-state index contributed by atoms with van der Waals surface area (Å²) in [5, 5.41) is 3.01. The van der Waals surface area contributed by atoms with E-state index in [2.05, 4.69) is 15.2 Å². The Labute approximate surface area is 141 Å². The van der Waals surface area contributed by atoms with Crippen molar-refractivity contribution in [2.45, 2.75) is 25.0 Å². The van der Waals surface area contributed by atoms with Crippen LogP contribution in [-0.4, -0.2) is 47.9 Å². The smallest absolute Gasteiger partial charge is 0.252 e. The van der Waals surface area contributed by atoms with Gasteiger partial charge in [-0.05, 0) is 44.1 Å². The summed E-state index contributed by atoms with van der Waals surface area (Å²) >= 11 is 1.55. The van der Waals surface area contributed by atoms with Gasteiger partial charge in [-0.15, -0.1) is 0 Å². The van der Waals surface area contributed by atoms with Crippen LogP contribution in [0.1, 0.15) is 30.1 Å². The standard InChI is InChI=1S/C16H24N4O2S/c1-11(23-2)16(22)19-10-12-5-8-20(9-6-12)15-13(14(17)21)4-3-7-18-15/h3-4,7,11-12H,5-6,8-10H2,1-2H3,(H2,17,21)(H,19,22). The number of carbonyl (C=O) groups excluding carboxylic acids is 2. The minimum atomic E-state index is -0.450. The van der Waals surface area contributed by atoms with Gasteiger partial charge in [0.05, 0.1) is 10.8 Å². The van der Waals surface area contributed by atoms with E-state index in [0.29, 0.717) is 23.8 Å². The van der Waals surface area contributed by atoms with Gasteiger partial charge in [-0.2, -0.15) is 11.8 Å². The van der Waals surface area contributed by atoms with E-state index in [1.807, 2.05) is 13.2 Å². The molecule has 2 amide bonds. The zero-order valence-corrected chi connectivity index (χ0v) is 14.4. The summed E-state index contributed by atoms with van der Waals surface area (Å²) in [6.45, 7) is 4.25. The largest absolute Gasteiger partial charge is 0.365 e. The molecule has 1 aromatic rings. The Balaban J connectivity index is 1.87. The topological polar surface area (TPSA) is 88.3 Å². The molecule has 7 heteroatoms. The summed E-state index contributed by atoms with van der Waals surface area (Å²) in [7, 11) is 0. The molecule has 0 bridgehead atoms. The first-order chi connectivity index (χ1) is 11.0. The number of anilines is 1. The van der Waals surface area contributed by atoms with E-state index in [1.54, 1.807) is 30.1 Å². The van der Waals surface area contributed by atoms with Crippen molar-refractivity contribution in [1.82, 2.24) is 10.3 Å². The number of nitrogens with zero attached hydrogens (tertiary/aromatic N) is 2. The third kappa shape index (κ3) is 4.60. The number of piperidine rings is 1. The Morgan fingerprint density at radius 2 is 2.17 bits per heavy atom. The molecule has 1 fully saturated rings. The molecule has 1 aromatic heterocycles. The van der Waals surface area contributed by atoms with Crippen molar-refractivity contribution in [3.05, 3.63) is 23.9 Å². The maximum Gasteiger partial charge on any atom is 0.252 e. The molecule has 0 saturated carbocycles. The average Bonchev–Trinajstić information content (AvgIpc) is 2.59. The molecule has 1 atom stereocenters. The number of hydrogen-bond acceptors (Lipinski definition) is 5. The Morgan fingerprint density at radius 3 is 2.78 bits per heavy atom. The first kappa shape index (κ1) is 17.6. The van der Waals surface area contributed by atoms with Crippen LogP contribution in [0.3, 0.4) is 0 Å². The molecular weight excluding hydrogens is 312 g/mol. The summed E-state index contributed by atoms with van der Waals surface area (Å²) in [5.41, 5.74) is 5.88. The Kier molecular flexibility index (Phi) is 6.27. The second kappa shape index (κ2) is 8.19. The number of rotatable bonds is 6. The van der Waals surface area contributed by atoms with E-state index in [0.717, 1.165) is 25.9 Å². The van der Waals surface area contributed by atoms with Crippen LogP contribution in [0, 0.1) is 5.92 Å². The van der Waals surface area contributed by atoms with Gasteiger partial charge in [0.25, 0.3) is 5.91 Å². The molecule has 2 heterocycles. The zero-order chi connectivity index (χ0) is 16.8. The van der Waals surface area contributed by atoms with Crippen LogP contribution in [0.15, 0.2) is 18.3 Å². The van der Waals surface area contributed by atoms with E-state index >= 15 is 0 Å². The van der Waals surface area contributed by atoms with Crippen LogP contribution < -0.4 is 16.0 Å². The van der Waals surface area contributed by atoms with Gasteiger partial charge in [0, 0.05) is 25.8 Å². The van der Waals surface area contributed by atoms with Gasteiger partial charge in [-0.1, -0.05) is 0 Å². The van der Waals surface area contributed by atoms with Crippen LogP contribution in [0.2, 0.25) is 0 Å². The van der Waals surface area contributed by atoms with E-state index < -0.39 is 5.91 Å². The molecule has 0 aromatic carbocycles. The lowest BCUT2D eigenvalue weighted by molar-refractivity contribution is -0.120. The number of carbonyl (C=O) groups is 2. The summed E-state index contributed by atoms with van der Waals surface area (Å²) in [6.07, 6.45) is 5.54. The van der Waals surface area contributed by atoms with E-state index in [-0.39, 0.29) is 11.2 Å². The lowest BCUT2D eigenvalue weighted by Gasteiger charge is -2.33. The van der Waals surface area contributed by atoms with Gasteiger partial charge < -0.3 is 16.0 Å². The van der Waals surface area contributed by atoms with Gasteiger partial charge in [-0.3, -0.25) is 9.59 Å². The minimum absolute atomic E-state index is 0.0123. The van der Waals surface area contributed by atoms with Crippen LogP contribution >= 0.6 is 11.8 Å². The van der Waals surface area contributed by atoms with Crippen LogP contribution in [0.25, 0.3) is 0 Å². The molecule has 126 valence electrons. The zero-order valence-electron chi connectivity index (χ0n) is 13.6. The second-order valence-electron chi connectivity index (χ2n) is 5.79. The molecule has 6 nitrogen and oxygen atoms in total. The number of thioether (sulfide) groups is 1. The third-order valence-electron chi connectivity index (χ3n) is 4.25. The predicted molar refractivity (Wildman–Crippen MR) is 93.7 cm³/mol.